The number of aliphatic carboxylic acids is 1. The van der Waals surface area contributed by atoms with Crippen molar-refractivity contribution < 1.29 is 67.8 Å². The average molecular weight is 471 g/mol. The van der Waals surface area contributed by atoms with Gasteiger partial charge in [-0.25, -0.2) is 4.98 Å². The minimum absolute atomic E-state index is 0. The molecule has 2 unspecified atom stereocenters. The maximum Gasteiger partial charge on any atom is 1.00 e. The number of nitrogens with zero attached hydrogens (tertiary/aromatic N) is 3. The zero-order valence-corrected chi connectivity index (χ0v) is 18.8. The number of hydrogen-bond donors (Lipinski definition) is 3. The van der Waals surface area contributed by atoms with Gasteiger partial charge in [0.05, 0.1) is 18.3 Å². The van der Waals surface area contributed by atoms with Crippen molar-refractivity contribution in [2.24, 2.45) is 5.16 Å². The standard InChI is InChI=1S/C14H13F2N5O6S2.Na/c15-13(16)27-20-6(5-3-29-14(17)18-5)9(23)19-7-10(24)21-8(12(25)26)4(1-22)2-28-11(7)21;/h3,7,11,13,22H,1-2H2,(H2,17,18)(H,19,23)(H,25,26);/q;+1/p-1/b20-6+;. The number of aliphatic hydroxyl groups is 1. The fourth-order valence-corrected chi connectivity index (χ4v) is 4.58. The third-order valence-electron chi connectivity index (χ3n) is 3.92. The molecule has 2 amide bonds. The molecule has 1 fully saturated rings. The van der Waals surface area contributed by atoms with Crippen molar-refractivity contribution >= 4 is 51.7 Å². The molecule has 1 aromatic rings. The van der Waals surface area contributed by atoms with Crippen LogP contribution in [-0.2, 0) is 19.2 Å². The number of halogens is 2. The van der Waals surface area contributed by atoms with E-state index in [1.165, 1.54) is 5.38 Å². The molecule has 0 saturated carbocycles. The Kier molecular flexibility index (Phi) is 8.18. The Bertz CT molecular complexity index is 926. The summed E-state index contributed by atoms with van der Waals surface area (Å²) in [7, 11) is 0. The van der Waals surface area contributed by atoms with Gasteiger partial charge in [0.25, 0.3) is 11.8 Å². The number of aliphatic hydroxyl groups excluding tert-OH is 1. The van der Waals surface area contributed by atoms with Gasteiger partial charge in [-0.1, -0.05) is 5.16 Å². The number of carbonyl (C=O) groups is 3. The Balaban J connectivity index is 0.00000320. The molecule has 2 aliphatic heterocycles. The van der Waals surface area contributed by atoms with Crippen LogP contribution in [0.3, 0.4) is 0 Å². The molecule has 0 spiro atoms. The van der Waals surface area contributed by atoms with Gasteiger partial charge in [0.2, 0.25) is 0 Å². The molecule has 4 N–H and O–H groups in total. The molecule has 156 valence electrons. The number of β-lactam (4-membered cyclic amide) rings is 1. The molecular weight excluding hydrogens is 459 g/mol. The number of alkyl halides is 2. The van der Waals surface area contributed by atoms with E-state index in [2.05, 4.69) is 20.3 Å². The Morgan fingerprint density at radius 2 is 2.23 bits per heavy atom. The van der Waals surface area contributed by atoms with E-state index in [9.17, 15) is 33.4 Å². The van der Waals surface area contributed by atoms with Gasteiger partial charge < -0.3 is 30.9 Å². The van der Waals surface area contributed by atoms with Crippen molar-refractivity contribution in [2.45, 2.75) is 18.0 Å². The predicted octanol–water partition coefficient (Wildman–Crippen LogP) is -4.93. The van der Waals surface area contributed by atoms with Crippen LogP contribution in [0.5, 0.6) is 0 Å². The second-order valence-electron chi connectivity index (χ2n) is 5.64. The van der Waals surface area contributed by atoms with Crippen molar-refractivity contribution in [2.75, 3.05) is 18.1 Å². The van der Waals surface area contributed by atoms with E-state index in [1.54, 1.807) is 0 Å². The SMILES string of the molecule is Nc1nc(/C(=N\OC(F)F)C(=O)NC2C(=O)N3C(C(=O)[O-])=C(CO)CSC23)cs1.[Na+]. The summed E-state index contributed by atoms with van der Waals surface area (Å²) in [6.07, 6.45) is 0. The molecule has 2 atom stereocenters. The van der Waals surface area contributed by atoms with Crippen LogP contribution in [0.25, 0.3) is 0 Å². The Hall–Kier alpha value is -1.78. The van der Waals surface area contributed by atoms with E-state index >= 15 is 0 Å². The maximum atomic E-state index is 12.5. The van der Waals surface area contributed by atoms with Gasteiger partial charge in [-0.2, -0.15) is 8.78 Å². The Morgan fingerprint density at radius 1 is 1.53 bits per heavy atom. The zero-order chi connectivity index (χ0) is 21.3. The van der Waals surface area contributed by atoms with E-state index in [0.29, 0.717) is 0 Å². The number of thiazole rings is 1. The fraction of sp³-hybridized carbons (Fsp3) is 0.357. The normalized spacial score (nSPS) is 21.0. The van der Waals surface area contributed by atoms with Crippen LogP contribution in [0.1, 0.15) is 5.69 Å². The Morgan fingerprint density at radius 3 is 2.77 bits per heavy atom. The number of rotatable bonds is 7. The summed E-state index contributed by atoms with van der Waals surface area (Å²) in [5.41, 5.74) is 4.36. The summed E-state index contributed by atoms with van der Waals surface area (Å²) in [6, 6.07) is -1.16. The first-order chi connectivity index (χ1) is 13.7. The molecule has 0 bridgehead atoms. The molecule has 3 rings (SSSR count). The van der Waals surface area contributed by atoms with Gasteiger partial charge in [-0.05, 0) is 5.57 Å². The van der Waals surface area contributed by atoms with Crippen molar-refractivity contribution in [3.05, 3.63) is 22.3 Å². The molecule has 0 aliphatic carbocycles. The number of anilines is 1. The number of amides is 2. The molecule has 2 aliphatic rings. The summed E-state index contributed by atoms with van der Waals surface area (Å²) in [5, 5.41) is 26.5. The minimum Gasteiger partial charge on any atom is -0.543 e. The molecule has 16 heteroatoms. The zero-order valence-electron chi connectivity index (χ0n) is 15.2. The number of oxime groups is 1. The van der Waals surface area contributed by atoms with Crippen LogP contribution in [0.15, 0.2) is 21.8 Å². The van der Waals surface area contributed by atoms with Crippen LogP contribution < -0.4 is 45.7 Å². The topological polar surface area (TPSA) is 170 Å². The largest absolute Gasteiger partial charge is 1.00 e. The molecule has 0 aromatic carbocycles. The predicted molar refractivity (Wildman–Crippen MR) is 94.3 cm³/mol. The summed E-state index contributed by atoms with van der Waals surface area (Å²) in [5.74, 6) is -3.35. The minimum atomic E-state index is -3.30. The number of nitrogen functional groups attached to an aromatic ring is 1. The molecular formula is C14H12F2N5NaO6S2. The van der Waals surface area contributed by atoms with Gasteiger partial charge in [-0.15, -0.1) is 23.1 Å². The average Bonchev–Trinajstić information content (AvgIpc) is 3.10. The van der Waals surface area contributed by atoms with E-state index < -0.39 is 53.8 Å². The quantitative estimate of drug-likeness (QED) is 0.153. The van der Waals surface area contributed by atoms with Crippen molar-refractivity contribution in [3.8, 4) is 0 Å². The van der Waals surface area contributed by atoms with Crippen LogP contribution in [0.2, 0.25) is 0 Å². The molecule has 0 radical (unpaired) electrons. The number of fused-ring (bicyclic) bond motifs is 1. The number of carboxylic acid groups (broad SMARTS) is 1. The van der Waals surface area contributed by atoms with Crippen molar-refractivity contribution in [3.63, 3.8) is 0 Å². The number of nitrogens with two attached hydrogens (primary N) is 1. The van der Waals surface area contributed by atoms with E-state index in [1.807, 2.05) is 0 Å². The number of carbonyl (C=O) groups excluding carboxylic acids is 3. The molecule has 30 heavy (non-hydrogen) atoms. The molecule has 1 saturated heterocycles. The number of aromatic nitrogens is 1. The summed E-state index contributed by atoms with van der Waals surface area (Å²) >= 11 is 2.04. The summed E-state index contributed by atoms with van der Waals surface area (Å²) in [4.78, 5) is 44.8. The number of nitrogens with one attached hydrogen (secondary N) is 1. The van der Waals surface area contributed by atoms with Crippen LogP contribution in [0.4, 0.5) is 13.9 Å². The van der Waals surface area contributed by atoms with Gasteiger partial charge in [0, 0.05) is 11.1 Å². The smallest absolute Gasteiger partial charge is 0.543 e. The summed E-state index contributed by atoms with van der Waals surface area (Å²) in [6.45, 7) is -3.87. The van der Waals surface area contributed by atoms with E-state index in [4.69, 9.17) is 5.73 Å². The third kappa shape index (κ3) is 4.76. The molecule has 3 heterocycles. The number of carboxylic acids is 1. The van der Waals surface area contributed by atoms with Crippen molar-refractivity contribution in [1.29, 1.82) is 0 Å². The first kappa shape index (κ1) is 24.5. The van der Waals surface area contributed by atoms with Gasteiger partial charge in [0.1, 0.15) is 17.1 Å². The van der Waals surface area contributed by atoms with Crippen LogP contribution in [0, 0.1) is 0 Å². The molecule has 11 nitrogen and oxygen atoms in total. The number of hydrogen-bond acceptors (Lipinski definition) is 11. The third-order valence-corrected chi connectivity index (χ3v) is 5.93. The fourth-order valence-electron chi connectivity index (χ4n) is 2.70. The van der Waals surface area contributed by atoms with Crippen molar-refractivity contribution in [1.82, 2.24) is 15.2 Å². The van der Waals surface area contributed by atoms with Crippen LogP contribution in [-0.4, -0.2) is 68.9 Å². The maximum absolute atomic E-state index is 12.5. The monoisotopic (exact) mass is 471 g/mol. The van der Waals surface area contributed by atoms with Gasteiger partial charge >= 0.3 is 36.2 Å². The molecule has 1 aromatic heterocycles. The number of thioether (sulfide) groups is 1. The first-order valence-electron chi connectivity index (χ1n) is 7.77. The Labute approximate surface area is 197 Å². The summed E-state index contributed by atoms with van der Waals surface area (Å²) < 4.78 is 24.7. The van der Waals surface area contributed by atoms with E-state index in [-0.39, 0.29) is 51.7 Å². The van der Waals surface area contributed by atoms with Crippen LogP contribution >= 0.6 is 23.1 Å². The first-order valence-corrected chi connectivity index (χ1v) is 9.70. The van der Waals surface area contributed by atoms with Gasteiger partial charge in [0.15, 0.2) is 10.8 Å². The van der Waals surface area contributed by atoms with Gasteiger partial charge in [-0.3, -0.25) is 14.5 Å². The second kappa shape index (κ2) is 10.0. The second-order valence-corrected chi connectivity index (χ2v) is 7.63. The van der Waals surface area contributed by atoms with E-state index in [0.717, 1.165) is 28.0 Å².